The van der Waals surface area contributed by atoms with E-state index in [1.54, 1.807) is 12.4 Å². The smallest absolute Gasteiger partial charge is 0.225 e. The molecule has 2 aliphatic rings. The molecule has 0 radical (unpaired) electrons. The summed E-state index contributed by atoms with van der Waals surface area (Å²) in [6, 6.07) is 2.13. The summed E-state index contributed by atoms with van der Waals surface area (Å²) in [7, 11) is 0. The number of amides is 1. The number of nitrogens with zero attached hydrogens (tertiary/aromatic N) is 3. The van der Waals surface area contributed by atoms with Crippen LogP contribution in [-0.2, 0) is 4.79 Å². The molecule has 0 aromatic carbocycles. The van der Waals surface area contributed by atoms with Crippen molar-refractivity contribution in [2.75, 3.05) is 18.0 Å². The molecule has 1 saturated carbocycles. The molecule has 1 aliphatic carbocycles. The summed E-state index contributed by atoms with van der Waals surface area (Å²) in [6.07, 6.45) is 8.77. The number of aromatic nitrogens is 2. The van der Waals surface area contributed by atoms with Gasteiger partial charge in [-0.15, -0.1) is 0 Å². The molecule has 1 saturated heterocycles. The van der Waals surface area contributed by atoms with E-state index in [0.717, 1.165) is 44.7 Å². The summed E-state index contributed by atoms with van der Waals surface area (Å²) >= 11 is 0. The molecule has 1 amide bonds. The Morgan fingerprint density at radius 1 is 1.21 bits per heavy atom. The van der Waals surface area contributed by atoms with Crippen LogP contribution in [0, 0.1) is 17.3 Å². The minimum absolute atomic E-state index is 0.180. The van der Waals surface area contributed by atoms with E-state index < -0.39 is 0 Å². The van der Waals surface area contributed by atoms with E-state index in [2.05, 4.69) is 41.0 Å². The van der Waals surface area contributed by atoms with Crippen LogP contribution in [0.15, 0.2) is 18.5 Å². The van der Waals surface area contributed by atoms with Gasteiger partial charge in [-0.2, -0.15) is 0 Å². The molecule has 2 unspecified atom stereocenters. The average Bonchev–Trinajstić information content (AvgIpc) is 2.54. The molecular formula is C19H30N4O. The first kappa shape index (κ1) is 17.2. The van der Waals surface area contributed by atoms with Gasteiger partial charge in [0.05, 0.1) is 0 Å². The SMILES string of the molecule is CC1CC(C(=O)NC2CCN(c3ncccn3)CC2)CC(C)(C)C1. The highest BCUT2D eigenvalue weighted by atomic mass is 16.1. The first-order valence-corrected chi connectivity index (χ1v) is 9.25. The van der Waals surface area contributed by atoms with Gasteiger partial charge in [-0.05, 0) is 49.5 Å². The fourth-order valence-corrected chi connectivity index (χ4v) is 4.54. The predicted octanol–water partition coefficient (Wildman–Crippen LogP) is 3.02. The van der Waals surface area contributed by atoms with Crippen LogP contribution in [0.3, 0.4) is 0 Å². The molecule has 1 aromatic rings. The van der Waals surface area contributed by atoms with Crippen molar-refractivity contribution in [3.05, 3.63) is 18.5 Å². The highest BCUT2D eigenvalue weighted by molar-refractivity contribution is 5.79. The van der Waals surface area contributed by atoms with E-state index >= 15 is 0 Å². The first-order valence-electron chi connectivity index (χ1n) is 9.25. The summed E-state index contributed by atoms with van der Waals surface area (Å²) < 4.78 is 0. The van der Waals surface area contributed by atoms with Crippen LogP contribution in [0.4, 0.5) is 5.95 Å². The molecule has 2 atom stereocenters. The molecule has 3 rings (SSSR count). The normalized spacial score (nSPS) is 27.7. The van der Waals surface area contributed by atoms with Crippen LogP contribution < -0.4 is 10.2 Å². The van der Waals surface area contributed by atoms with Crippen LogP contribution in [0.25, 0.3) is 0 Å². The summed E-state index contributed by atoms with van der Waals surface area (Å²) in [6.45, 7) is 8.67. The molecule has 0 bridgehead atoms. The molecule has 5 heteroatoms. The number of hydrogen-bond acceptors (Lipinski definition) is 4. The lowest BCUT2D eigenvalue weighted by molar-refractivity contribution is -0.128. The summed E-state index contributed by atoms with van der Waals surface area (Å²) in [5, 5.41) is 3.31. The topological polar surface area (TPSA) is 58.1 Å². The molecule has 24 heavy (non-hydrogen) atoms. The third kappa shape index (κ3) is 4.25. The maximum atomic E-state index is 12.7. The number of nitrogens with one attached hydrogen (secondary N) is 1. The van der Waals surface area contributed by atoms with E-state index in [1.807, 2.05) is 6.07 Å². The molecule has 132 valence electrons. The second-order valence-electron chi connectivity index (χ2n) is 8.43. The highest BCUT2D eigenvalue weighted by Gasteiger charge is 2.36. The zero-order valence-electron chi connectivity index (χ0n) is 15.2. The predicted molar refractivity (Wildman–Crippen MR) is 95.7 cm³/mol. The fourth-order valence-electron chi connectivity index (χ4n) is 4.54. The fraction of sp³-hybridized carbons (Fsp3) is 0.737. The molecule has 1 aromatic heterocycles. The Morgan fingerprint density at radius 2 is 1.88 bits per heavy atom. The Labute approximate surface area is 145 Å². The molecular weight excluding hydrogens is 300 g/mol. The monoisotopic (exact) mass is 330 g/mol. The van der Waals surface area contributed by atoms with Crippen molar-refractivity contribution in [1.82, 2.24) is 15.3 Å². The van der Waals surface area contributed by atoms with E-state index in [-0.39, 0.29) is 23.3 Å². The van der Waals surface area contributed by atoms with Gasteiger partial charge < -0.3 is 10.2 Å². The average molecular weight is 330 g/mol. The van der Waals surface area contributed by atoms with Crippen LogP contribution in [0.5, 0.6) is 0 Å². The maximum absolute atomic E-state index is 12.7. The van der Waals surface area contributed by atoms with E-state index in [9.17, 15) is 4.79 Å². The van der Waals surface area contributed by atoms with Gasteiger partial charge in [0, 0.05) is 37.4 Å². The molecule has 1 aliphatic heterocycles. The largest absolute Gasteiger partial charge is 0.353 e. The van der Waals surface area contributed by atoms with Crippen molar-refractivity contribution in [3.8, 4) is 0 Å². The van der Waals surface area contributed by atoms with Gasteiger partial charge >= 0.3 is 0 Å². The lowest BCUT2D eigenvalue weighted by Crippen LogP contribution is -2.48. The van der Waals surface area contributed by atoms with E-state index in [4.69, 9.17) is 0 Å². The van der Waals surface area contributed by atoms with Crippen LogP contribution >= 0.6 is 0 Å². The lowest BCUT2D eigenvalue weighted by atomic mass is 9.68. The molecule has 2 fully saturated rings. The number of anilines is 1. The Morgan fingerprint density at radius 3 is 2.50 bits per heavy atom. The summed E-state index contributed by atoms with van der Waals surface area (Å²) in [4.78, 5) is 23.5. The zero-order valence-corrected chi connectivity index (χ0v) is 15.2. The van der Waals surface area contributed by atoms with Crippen molar-refractivity contribution in [1.29, 1.82) is 0 Å². The van der Waals surface area contributed by atoms with Gasteiger partial charge in [0.15, 0.2) is 0 Å². The van der Waals surface area contributed by atoms with Gasteiger partial charge in [0.25, 0.3) is 0 Å². The lowest BCUT2D eigenvalue weighted by Gasteiger charge is -2.39. The highest BCUT2D eigenvalue weighted by Crippen LogP contribution is 2.41. The van der Waals surface area contributed by atoms with Gasteiger partial charge in [-0.1, -0.05) is 20.8 Å². The minimum Gasteiger partial charge on any atom is -0.353 e. The second kappa shape index (κ2) is 7.08. The number of carbonyl (C=O) groups is 1. The third-order valence-corrected chi connectivity index (χ3v) is 5.43. The third-order valence-electron chi connectivity index (χ3n) is 5.43. The van der Waals surface area contributed by atoms with Crippen molar-refractivity contribution in [2.24, 2.45) is 17.3 Å². The first-order chi connectivity index (χ1) is 11.4. The number of hydrogen-bond donors (Lipinski definition) is 1. The molecule has 2 heterocycles. The molecule has 5 nitrogen and oxygen atoms in total. The summed E-state index contributed by atoms with van der Waals surface area (Å²) in [5.41, 5.74) is 0.285. The van der Waals surface area contributed by atoms with Crippen molar-refractivity contribution >= 4 is 11.9 Å². The van der Waals surface area contributed by atoms with Gasteiger partial charge in [-0.3, -0.25) is 4.79 Å². The van der Waals surface area contributed by atoms with Gasteiger partial charge in [0.1, 0.15) is 0 Å². The van der Waals surface area contributed by atoms with Gasteiger partial charge in [-0.25, -0.2) is 9.97 Å². The Hall–Kier alpha value is -1.65. The van der Waals surface area contributed by atoms with Crippen LogP contribution in [-0.4, -0.2) is 35.0 Å². The van der Waals surface area contributed by atoms with E-state index in [0.29, 0.717) is 5.92 Å². The van der Waals surface area contributed by atoms with Crippen molar-refractivity contribution in [3.63, 3.8) is 0 Å². The Balaban J connectivity index is 1.50. The molecule has 0 spiro atoms. The van der Waals surface area contributed by atoms with Gasteiger partial charge in [0.2, 0.25) is 11.9 Å². The Bertz CT molecular complexity index is 552. The number of rotatable bonds is 3. The van der Waals surface area contributed by atoms with Crippen LogP contribution in [0.2, 0.25) is 0 Å². The number of carbonyl (C=O) groups excluding carboxylic acids is 1. The maximum Gasteiger partial charge on any atom is 0.225 e. The number of piperidine rings is 1. The quantitative estimate of drug-likeness (QED) is 0.925. The zero-order chi connectivity index (χ0) is 17.2. The second-order valence-corrected chi connectivity index (χ2v) is 8.43. The van der Waals surface area contributed by atoms with Crippen LogP contribution in [0.1, 0.15) is 52.9 Å². The molecule has 1 N–H and O–H groups in total. The minimum atomic E-state index is 0.180. The van der Waals surface area contributed by atoms with E-state index in [1.165, 1.54) is 6.42 Å². The standard InChI is InChI=1S/C19H30N4O/c1-14-11-15(13-19(2,3)12-14)17(24)22-16-5-9-23(10-6-16)18-20-7-4-8-21-18/h4,7-8,14-16H,5-6,9-13H2,1-3H3,(H,22,24). The Kier molecular flexibility index (Phi) is 5.07. The van der Waals surface area contributed by atoms with Crippen molar-refractivity contribution in [2.45, 2.75) is 58.9 Å². The van der Waals surface area contributed by atoms with Crippen molar-refractivity contribution < 1.29 is 4.79 Å². The summed E-state index contributed by atoms with van der Waals surface area (Å²) in [5.74, 6) is 1.88.